The molecule has 0 aromatic heterocycles. The number of esters is 1. The lowest BCUT2D eigenvalue weighted by atomic mass is 9.79. The molecule has 28 heavy (non-hydrogen) atoms. The number of non-ortho nitro benzene ring substituents is 1. The van der Waals surface area contributed by atoms with Crippen molar-refractivity contribution in [3.05, 3.63) is 62.5 Å². The highest BCUT2D eigenvalue weighted by atomic mass is 16.7. The van der Waals surface area contributed by atoms with Gasteiger partial charge in [-0.1, -0.05) is 12.1 Å². The van der Waals surface area contributed by atoms with E-state index in [0.717, 1.165) is 0 Å². The van der Waals surface area contributed by atoms with Gasteiger partial charge in [-0.15, -0.1) is 0 Å². The van der Waals surface area contributed by atoms with Crippen molar-refractivity contribution < 1.29 is 19.3 Å². The van der Waals surface area contributed by atoms with Crippen LogP contribution in [-0.2, 0) is 14.4 Å². The standard InChI is InChI=1S/C20H25N3O5/c1-11(2)28-22-14(5)17-12(3)21-13(4)18(20(24)27-6)19(17)15-8-7-9-16(10-15)23(25)26/h7-11,19,22H,1-6H3/b17-14+. The van der Waals surface area contributed by atoms with Crippen molar-refractivity contribution >= 4 is 17.4 Å². The van der Waals surface area contributed by atoms with Crippen LogP contribution >= 0.6 is 0 Å². The van der Waals surface area contributed by atoms with E-state index in [0.29, 0.717) is 33.8 Å². The van der Waals surface area contributed by atoms with Crippen molar-refractivity contribution in [2.45, 2.75) is 46.6 Å². The van der Waals surface area contributed by atoms with Gasteiger partial charge in [-0.2, -0.15) is 0 Å². The van der Waals surface area contributed by atoms with Gasteiger partial charge in [0.25, 0.3) is 5.69 Å². The van der Waals surface area contributed by atoms with E-state index in [9.17, 15) is 14.9 Å². The Labute approximate surface area is 164 Å². The topological polar surface area (TPSA) is 103 Å². The summed E-state index contributed by atoms with van der Waals surface area (Å²) < 4.78 is 4.98. The van der Waals surface area contributed by atoms with Crippen LogP contribution in [0.5, 0.6) is 0 Å². The molecule has 0 radical (unpaired) electrons. The maximum absolute atomic E-state index is 12.6. The molecule has 1 heterocycles. The van der Waals surface area contributed by atoms with E-state index in [4.69, 9.17) is 9.57 Å². The number of nitrogens with zero attached hydrogens (tertiary/aromatic N) is 2. The maximum Gasteiger partial charge on any atom is 0.336 e. The molecule has 0 spiro atoms. The first kappa shape index (κ1) is 21.3. The summed E-state index contributed by atoms with van der Waals surface area (Å²) in [5, 5.41) is 11.3. The fourth-order valence-corrected chi connectivity index (χ4v) is 3.21. The molecule has 0 amide bonds. The number of nitro benzene ring substituents is 1. The lowest BCUT2D eigenvalue weighted by Gasteiger charge is -2.29. The summed E-state index contributed by atoms with van der Waals surface area (Å²) in [5.41, 5.74) is 6.38. The van der Waals surface area contributed by atoms with Gasteiger partial charge in [0.1, 0.15) is 0 Å². The van der Waals surface area contributed by atoms with Gasteiger partial charge >= 0.3 is 5.97 Å². The molecule has 150 valence electrons. The van der Waals surface area contributed by atoms with Crippen LogP contribution in [0, 0.1) is 10.1 Å². The minimum Gasteiger partial charge on any atom is -0.466 e. The fraction of sp³-hybridized carbons (Fsp3) is 0.400. The van der Waals surface area contributed by atoms with Crippen LogP contribution < -0.4 is 5.48 Å². The van der Waals surface area contributed by atoms with E-state index in [-0.39, 0.29) is 11.8 Å². The zero-order chi connectivity index (χ0) is 21.0. The number of rotatable bonds is 6. The summed E-state index contributed by atoms with van der Waals surface area (Å²) in [6.07, 6.45) is -0.0648. The molecule has 2 rings (SSSR count). The maximum atomic E-state index is 12.6. The number of hydroxylamine groups is 1. The van der Waals surface area contributed by atoms with Crippen LogP contribution in [0.3, 0.4) is 0 Å². The first-order valence-corrected chi connectivity index (χ1v) is 8.88. The Morgan fingerprint density at radius 1 is 1.32 bits per heavy atom. The average Bonchev–Trinajstić information content (AvgIpc) is 2.65. The third kappa shape index (κ3) is 4.45. The first-order chi connectivity index (χ1) is 13.2. The highest BCUT2D eigenvalue weighted by Crippen LogP contribution is 2.40. The molecule has 8 heteroatoms. The lowest BCUT2D eigenvalue weighted by Crippen LogP contribution is -2.28. The van der Waals surface area contributed by atoms with E-state index in [1.54, 1.807) is 19.1 Å². The Morgan fingerprint density at radius 3 is 2.57 bits per heavy atom. The van der Waals surface area contributed by atoms with Crippen molar-refractivity contribution in [3.8, 4) is 0 Å². The molecule has 1 aliphatic rings. The van der Waals surface area contributed by atoms with Crippen LogP contribution in [0.4, 0.5) is 5.69 Å². The molecule has 0 fully saturated rings. The number of nitro groups is 1. The summed E-state index contributed by atoms with van der Waals surface area (Å²) >= 11 is 0. The van der Waals surface area contributed by atoms with E-state index in [1.807, 2.05) is 27.7 Å². The number of benzene rings is 1. The molecule has 1 aromatic rings. The summed E-state index contributed by atoms with van der Waals surface area (Å²) in [6.45, 7) is 9.14. The normalized spacial score (nSPS) is 18.7. The summed E-state index contributed by atoms with van der Waals surface area (Å²) in [4.78, 5) is 33.4. The largest absolute Gasteiger partial charge is 0.466 e. The van der Waals surface area contributed by atoms with Gasteiger partial charge in [-0.05, 0) is 40.2 Å². The van der Waals surface area contributed by atoms with Crippen molar-refractivity contribution in [1.82, 2.24) is 5.48 Å². The van der Waals surface area contributed by atoms with E-state index >= 15 is 0 Å². The number of carbonyl (C=O) groups excluding carboxylic acids is 1. The van der Waals surface area contributed by atoms with Gasteiger partial charge in [0.05, 0.1) is 23.7 Å². The molecule has 1 aromatic carbocycles. The van der Waals surface area contributed by atoms with Gasteiger partial charge in [0.15, 0.2) is 0 Å². The number of methoxy groups -OCH3 is 1. The highest BCUT2D eigenvalue weighted by Gasteiger charge is 2.35. The molecule has 0 bridgehead atoms. The molecule has 1 atom stereocenters. The van der Waals surface area contributed by atoms with Gasteiger partial charge in [-0.3, -0.25) is 25.4 Å². The minimum absolute atomic E-state index is 0.0528. The molecule has 1 N–H and O–H groups in total. The van der Waals surface area contributed by atoms with Crippen LogP contribution in [0.25, 0.3) is 0 Å². The average molecular weight is 387 g/mol. The Kier molecular flexibility index (Phi) is 6.69. The Morgan fingerprint density at radius 2 is 2.00 bits per heavy atom. The van der Waals surface area contributed by atoms with Crippen LogP contribution in [0.1, 0.15) is 46.1 Å². The zero-order valence-corrected chi connectivity index (χ0v) is 16.9. The molecule has 1 aliphatic heterocycles. The molecular formula is C20H25N3O5. The Hall–Kier alpha value is -3.00. The number of hydrogen-bond donors (Lipinski definition) is 1. The quantitative estimate of drug-likeness (QED) is 0.452. The Bertz CT molecular complexity index is 884. The van der Waals surface area contributed by atoms with Crippen molar-refractivity contribution in [2.75, 3.05) is 7.11 Å². The molecule has 0 saturated heterocycles. The van der Waals surface area contributed by atoms with E-state index < -0.39 is 16.8 Å². The Balaban J connectivity index is 2.71. The van der Waals surface area contributed by atoms with Gasteiger partial charge in [0, 0.05) is 40.7 Å². The molecule has 0 aliphatic carbocycles. The monoisotopic (exact) mass is 387 g/mol. The fourth-order valence-electron chi connectivity index (χ4n) is 3.21. The second-order valence-electron chi connectivity index (χ2n) is 6.78. The number of hydrogen-bond acceptors (Lipinski definition) is 7. The summed E-state index contributed by atoms with van der Waals surface area (Å²) in [6, 6.07) is 6.24. The van der Waals surface area contributed by atoms with Gasteiger partial charge in [-0.25, -0.2) is 4.79 Å². The molecule has 0 saturated carbocycles. The second kappa shape index (κ2) is 8.79. The number of carbonyl (C=O) groups is 1. The SMILES string of the molecule is COC(=O)C1=C(C)N=C(C)/C(=C(/C)NOC(C)C)C1c1cccc([N+](=O)[O-])c1. The predicted octanol–water partition coefficient (Wildman–Crippen LogP) is 3.80. The predicted molar refractivity (Wildman–Crippen MR) is 106 cm³/mol. The van der Waals surface area contributed by atoms with Gasteiger partial charge < -0.3 is 4.74 Å². The smallest absolute Gasteiger partial charge is 0.336 e. The van der Waals surface area contributed by atoms with Crippen LogP contribution in [0.15, 0.2) is 51.8 Å². The first-order valence-electron chi connectivity index (χ1n) is 8.88. The van der Waals surface area contributed by atoms with Crippen LogP contribution in [-0.4, -0.2) is 29.8 Å². The minimum atomic E-state index is -0.576. The molecular weight excluding hydrogens is 362 g/mol. The lowest BCUT2D eigenvalue weighted by molar-refractivity contribution is -0.384. The highest BCUT2D eigenvalue weighted by molar-refractivity contribution is 6.06. The van der Waals surface area contributed by atoms with Crippen LogP contribution in [0.2, 0.25) is 0 Å². The number of nitrogens with one attached hydrogen (secondary N) is 1. The number of allylic oxidation sites excluding steroid dienone is 3. The number of aliphatic imine (C=N–C) groups is 1. The summed E-state index contributed by atoms with van der Waals surface area (Å²) in [5.74, 6) is -1.10. The third-order valence-electron chi connectivity index (χ3n) is 4.36. The van der Waals surface area contributed by atoms with Crippen molar-refractivity contribution in [3.63, 3.8) is 0 Å². The molecule has 8 nitrogen and oxygen atoms in total. The van der Waals surface area contributed by atoms with Gasteiger partial charge in [0.2, 0.25) is 0 Å². The zero-order valence-electron chi connectivity index (χ0n) is 16.9. The van der Waals surface area contributed by atoms with Crippen molar-refractivity contribution in [2.24, 2.45) is 4.99 Å². The van der Waals surface area contributed by atoms with E-state index in [2.05, 4.69) is 10.5 Å². The summed E-state index contributed by atoms with van der Waals surface area (Å²) in [7, 11) is 1.30. The molecule has 1 unspecified atom stereocenters. The second-order valence-corrected chi connectivity index (χ2v) is 6.78. The third-order valence-corrected chi connectivity index (χ3v) is 4.36. The van der Waals surface area contributed by atoms with Crippen molar-refractivity contribution in [1.29, 1.82) is 0 Å². The number of ether oxygens (including phenoxy) is 1. The van der Waals surface area contributed by atoms with E-state index in [1.165, 1.54) is 19.2 Å².